The number of thiazole rings is 1. The maximum Gasteiger partial charge on any atom is 0.265 e. The predicted molar refractivity (Wildman–Crippen MR) is 70.9 cm³/mol. The van der Waals surface area contributed by atoms with Gasteiger partial charge >= 0.3 is 0 Å². The van der Waals surface area contributed by atoms with Gasteiger partial charge in [0.05, 0.1) is 12.3 Å². The van der Waals surface area contributed by atoms with Crippen LogP contribution in [-0.4, -0.2) is 48.6 Å². The molecular formula is C12H19N3O2S. The molecule has 1 amide bonds. The van der Waals surface area contributed by atoms with Crippen LogP contribution in [0.1, 0.15) is 27.3 Å². The van der Waals surface area contributed by atoms with Crippen molar-refractivity contribution in [3.8, 4) is 0 Å². The summed E-state index contributed by atoms with van der Waals surface area (Å²) in [7, 11) is 1.64. The molecule has 1 aliphatic heterocycles. The van der Waals surface area contributed by atoms with E-state index in [1.165, 1.54) is 11.3 Å². The van der Waals surface area contributed by atoms with Crippen molar-refractivity contribution >= 4 is 17.2 Å². The molecule has 0 aliphatic carbocycles. The molecule has 18 heavy (non-hydrogen) atoms. The van der Waals surface area contributed by atoms with E-state index in [9.17, 15) is 4.79 Å². The van der Waals surface area contributed by atoms with Gasteiger partial charge in [-0.2, -0.15) is 0 Å². The second kappa shape index (κ2) is 5.77. The molecule has 1 aromatic rings. The summed E-state index contributed by atoms with van der Waals surface area (Å²) < 4.78 is 5.05. The lowest BCUT2D eigenvalue weighted by Gasteiger charge is -2.31. The Kier molecular flexibility index (Phi) is 4.31. The molecule has 5 nitrogen and oxygen atoms in total. The second-order valence-corrected chi connectivity index (χ2v) is 5.65. The van der Waals surface area contributed by atoms with Crippen molar-refractivity contribution < 1.29 is 9.53 Å². The molecule has 1 aromatic heterocycles. The Hall–Kier alpha value is -0.980. The number of hydrogen-bond donors (Lipinski definition) is 1. The summed E-state index contributed by atoms with van der Waals surface area (Å²) in [5.74, 6) is 0.0979. The first-order valence-electron chi connectivity index (χ1n) is 6.09. The normalized spacial score (nSPS) is 20.2. The fourth-order valence-corrected chi connectivity index (χ4v) is 3.10. The minimum Gasteiger partial charge on any atom is -0.378 e. The van der Waals surface area contributed by atoms with Gasteiger partial charge in [0, 0.05) is 32.8 Å². The van der Waals surface area contributed by atoms with Gasteiger partial charge in [0.15, 0.2) is 0 Å². The summed E-state index contributed by atoms with van der Waals surface area (Å²) >= 11 is 1.44. The molecule has 6 heteroatoms. The van der Waals surface area contributed by atoms with Crippen LogP contribution >= 0.6 is 11.3 Å². The summed E-state index contributed by atoms with van der Waals surface area (Å²) in [6.07, 6.45) is 0. The Morgan fingerprint density at radius 2 is 2.44 bits per heavy atom. The molecule has 0 spiro atoms. The summed E-state index contributed by atoms with van der Waals surface area (Å²) in [4.78, 5) is 19.4. The zero-order chi connectivity index (χ0) is 13.1. The number of nitrogens with one attached hydrogen (secondary N) is 1. The van der Waals surface area contributed by atoms with E-state index in [1.807, 2.05) is 11.8 Å². The van der Waals surface area contributed by atoms with Crippen LogP contribution in [0, 0.1) is 6.92 Å². The van der Waals surface area contributed by atoms with Gasteiger partial charge in [0.25, 0.3) is 5.91 Å². The highest BCUT2D eigenvalue weighted by atomic mass is 32.1. The lowest BCUT2D eigenvalue weighted by Crippen LogP contribution is -2.51. The Morgan fingerprint density at radius 1 is 1.67 bits per heavy atom. The number of aromatic nitrogens is 1. The van der Waals surface area contributed by atoms with E-state index in [0.29, 0.717) is 12.6 Å². The minimum absolute atomic E-state index is 0.0979. The van der Waals surface area contributed by atoms with Crippen molar-refractivity contribution in [3.05, 3.63) is 15.6 Å². The summed E-state index contributed by atoms with van der Waals surface area (Å²) in [6, 6.07) is 0.356. The van der Waals surface area contributed by atoms with Gasteiger partial charge in [-0.05, 0) is 13.8 Å². The molecule has 2 rings (SSSR count). The largest absolute Gasteiger partial charge is 0.378 e. The van der Waals surface area contributed by atoms with Crippen LogP contribution in [0.5, 0.6) is 0 Å². The fourth-order valence-electron chi connectivity index (χ4n) is 2.10. The highest BCUT2D eigenvalue weighted by Gasteiger charge is 2.25. The number of carbonyl (C=O) groups excluding carboxylic acids is 1. The number of nitrogens with zero attached hydrogens (tertiary/aromatic N) is 2. The van der Waals surface area contributed by atoms with E-state index >= 15 is 0 Å². The maximum absolute atomic E-state index is 12.4. The fraction of sp³-hybridized carbons (Fsp3) is 0.667. The van der Waals surface area contributed by atoms with Gasteiger partial charge in [-0.3, -0.25) is 4.79 Å². The van der Waals surface area contributed by atoms with Crippen LogP contribution < -0.4 is 5.32 Å². The number of rotatable bonds is 3. The molecule has 1 N–H and O–H groups in total. The van der Waals surface area contributed by atoms with Gasteiger partial charge < -0.3 is 15.0 Å². The van der Waals surface area contributed by atoms with Gasteiger partial charge in [0.2, 0.25) is 0 Å². The zero-order valence-corrected chi connectivity index (χ0v) is 11.8. The monoisotopic (exact) mass is 269 g/mol. The quantitative estimate of drug-likeness (QED) is 0.890. The van der Waals surface area contributed by atoms with E-state index in [0.717, 1.165) is 35.2 Å². The summed E-state index contributed by atoms with van der Waals surface area (Å²) in [5, 5.41) is 4.19. The maximum atomic E-state index is 12.4. The van der Waals surface area contributed by atoms with Crippen molar-refractivity contribution in [2.45, 2.75) is 26.5 Å². The molecule has 0 unspecified atom stereocenters. The first-order valence-corrected chi connectivity index (χ1v) is 6.91. The van der Waals surface area contributed by atoms with Crippen molar-refractivity contribution in [2.24, 2.45) is 0 Å². The molecular weight excluding hydrogens is 250 g/mol. The Balaban J connectivity index is 2.12. The van der Waals surface area contributed by atoms with Crippen molar-refractivity contribution in [2.75, 3.05) is 26.7 Å². The van der Waals surface area contributed by atoms with E-state index in [2.05, 4.69) is 17.2 Å². The van der Waals surface area contributed by atoms with Gasteiger partial charge in [-0.1, -0.05) is 0 Å². The molecule has 100 valence electrons. The van der Waals surface area contributed by atoms with E-state index < -0.39 is 0 Å². The van der Waals surface area contributed by atoms with Gasteiger partial charge in [-0.15, -0.1) is 11.3 Å². The molecule has 1 fully saturated rings. The molecule has 1 aliphatic rings. The van der Waals surface area contributed by atoms with Gasteiger partial charge in [-0.25, -0.2) is 4.98 Å². The van der Waals surface area contributed by atoms with Crippen molar-refractivity contribution in [1.29, 1.82) is 0 Å². The van der Waals surface area contributed by atoms with E-state index in [1.54, 1.807) is 7.11 Å². The van der Waals surface area contributed by atoms with E-state index in [4.69, 9.17) is 4.74 Å². The SMILES string of the molecule is COCc1nc(C)c(C(=O)N2CCN[C@H](C)C2)s1. The Labute approximate surface area is 111 Å². The third kappa shape index (κ3) is 2.88. The standard InChI is InChI=1S/C12H19N3O2S/c1-8-6-15(5-4-13-8)12(16)11-9(2)14-10(18-11)7-17-3/h8,13H,4-7H2,1-3H3/t8-/m1/s1. The van der Waals surface area contributed by atoms with Crippen LogP contribution in [0.2, 0.25) is 0 Å². The summed E-state index contributed by atoms with van der Waals surface area (Å²) in [6.45, 7) is 6.83. The van der Waals surface area contributed by atoms with Crippen LogP contribution in [0.15, 0.2) is 0 Å². The number of amides is 1. The highest BCUT2D eigenvalue weighted by molar-refractivity contribution is 7.13. The topological polar surface area (TPSA) is 54.5 Å². The molecule has 1 atom stereocenters. The molecule has 0 radical (unpaired) electrons. The first-order chi connectivity index (χ1) is 8.61. The van der Waals surface area contributed by atoms with Crippen LogP contribution in [0.4, 0.5) is 0 Å². The number of ether oxygens (including phenoxy) is 1. The van der Waals surface area contributed by atoms with Crippen LogP contribution in [-0.2, 0) is 11.3 Å². The highest BCUT2D eigenvalue weighted by Crippen LogP contribution is 2.21. The second-order valence-electron chi connectivity index (χ2n) is 4.56. The Morgan fingerprint density at radius 3 is 3.11 bits per heavy atom. The number of aryl methyl sites for hydroxylation is 1. The van der Waals surface area contributed by atoms with Gasteiger partial charge in [0.1, 0.15) is 9.88 Å². The predicted octanol–water partition coefficient (Wildman–Crippen LogP) is 1.03. The van der Waals surface area contributed by atoms with Crippen molar-refractivity contribution in [1.82, 2.24) is 15.2 Å². The lowest BCUT2D eigenvalue weighted by molar-refractivity contribution is 0.0713. The average Bonchev–Trinajstić information content (AvgIpc) is 2.70. The van der Waals surface area contributed by atoms with E-state index in [-0.39, 0.29) is 5.91 Å². The smallest absolute Gasteiger partial charge is 0.265 e. The number of carbonyl (C=O) groups is 1. The molecule has 0 aromatic carbocycles. The number of piperazine rings is 1. The molecule has 0 saturated carbocycles. The lowest BCUT2D eigenvalue weighted by atomic mass is 10.2. The third-order valence-electron chi connectivity index (χ3n) is 2.96. The van der Waals surface area contributed by atoms with Crippen molar-refractivity contribution in [3.63, 3.8) is 0 Å². The summed E-state index contributed by atoms with van der Waals surface area (Å²) in [5.41, 5.74) is 0.809. The zero-order valence-electron chi connectivity index (χ0n) is 11.0. The molecule has 1 saturated heterocycles. The number of hydrogen-bond acceptors (Lipinski definition) is 5. The first kappa shape index (κ1) is 13.5. The third-order valence-corrected chi connectivity index (χ3v) is 4.08. The Bertz CT molecular complexity index is 433. The molecule has 0 bridgehead atoms. The average molecular weight is 269 g/mol. The van der Waals surface area contributed by atoms with Crippen LogP contribution in [0.25, 0.3) is 0 Å². The number of methoxy groups -OCH3 is 1. The molecule has 2 heterocycles. The minimum atomic E-state index is 0.0979. The van der Waals surface area contributed by atoms with Crippen LogP contribution in [0.3, 0.4) is 0 Å².